The molecule has 1 aliphatic rings. The van der Waals surface area contributed by atoms with Crippen molar-refractivity contribution < 1.29 is 4.39 Å². The molecule has 1 fully saturated rings. The van der Waals surface area contributed by atoms with Crippen molar-refractivity contribution in [2.24, 2.45) is 0 Å². The summed E-state index contributed by atoms with van der Waals surface area (Å²) >= 11 is 0. The van der Waals surface area contributed by atoms with Gasteiger partial charge < -0.3 is 0 Å². The molecule has 0 bridgehead atoms. The Morgan fingerprint density at radius 3 is 2.21 bits per heavy atom. The first-order valence-corrected chi connectivity index (χ1v) is 10.1. The zero-order chi connectivity index (χ0) is 19.2. The molecule has 0 radical (unpaired) electrons. The SMILES string of the molecule is Fc1cc(C2CCN(CC=Cc3ccccc3)CC2)ccc1-c1ccccc1. The molecule has 1 heterocycles. The van der Waals surface area contributed by atoms with Gasteiger partial charge in [0.2, 0.25) is 0 Å². The van der Waals surface area contributed by atoms with Crippen molar-refractivity contribution in [3.05, 3.63) is 102 Å². The minimum Gasteiger partial charge on any atom is -0.300 e. The summed E-state index contributed by atoms with van der Waals surface area (Å²) in [7, 11) is 0. The Labute approximate surface area is 167 Å². The van der Waals surface area contributed by atoms with Crippen molar-refractivity contribution >= 4 is 6.08 Å². The highest BCUT2D eigenvalue weighted by atomic mass is 19.1. The standard InChI is InChI=1S/C26H26FN/c27-26-20-24(13-14-25(26)23-11-5-2-6-12-23)22-15-18-28(19-16-22)17-7-10-21-8-3-1-4-9-21/h1-14,20,22H,15-19H2. The van der Waals surface area contributed by atoms with Gasteiger partial charge in [-0.3, -0.25) is 4.90 Å². The lowest BCUT2D eigenvalue weighted by molar-refractivity contribution is 0.232. The van der Waals surface area contributed by atoms with Gasteiger partial charge in [-0.05, 0) is 54.6 Å². The smallest absolute Gasteiger partial charge is 0.131 e. The van der Waals surface area contributed by atoms with Crippen molar-refractivity contribution in [1.82, 2.24) is 4.90 Å². The molecule has 0 N–H and O–H groups in total. The molecule has 1 aliphatic heterocycles. The molecular weight excluding hydrogens is 345 g/mol. The van der Waals surface area contributed by atoms with Crippen molar-refractivity contribution in [2.45, 2.75) is 18.8 Å². The molecule has 0 unspecified atom stereocenters. The van der Waals surface area contributed by atoms with Crippen LogP contribution in [0.3, 0.4) is 0 Å². The number of benzene rings is 3. The van der Waals surface area contributed by atoms with Gasteiger partial charge in [0, 0.05) is 12.1 Å². The highest BCUT2D eigenvalue weighted by Crippen LogP contribution is 2.31. The van der Waals surface area contributed by atoms with Gasteiger partial charge in [-0.25, -0.2) is 4.39 Å². The Kier molecular flexibility index (Phi) is 5.98. The topological polar surface area (TPSA) is 3.24 Å². The van der Waals surface area contributed by atoms with Crippen molar-refractivity contribution in [3.8, 4) is 11.1 Å². The monoisotopic (exact) mass is 371 g/mol. The van der Waals surface area contributed by atoms with Crippen molar-refractivity contribution in [1.29, 1.82) is 0 Å². The summed E-state index contributed by atoms with van der Waals surface area (Å²) in [6.45, 7) is 3.10. The average Bonchev–Trinajstić information content (AvgIpc) is 2.75. The van der Waals surface area contributed by atoms with Gasteiger partial charge in [0.1, 0.15) is 5.82 Å². The molecule has 28 heavy (non-hydrogen) atoms. The highest BCUT2D eigenvalue weighted by molar-refractivity contribution is 5.64. The minimum absolute atomic E-state index is 0.114. The fourth-order valence-corrected chi connectivity index (χ4v) is 3.99. The maximum Gasteiger partial charge on any atom is 0.131 e. The second-order valence-corrected chi connectivity index (χ2v) is 7.49. The van der Waals surface area contributed by atoms with E-state index in [1.165, 1.54) is 5.56 Å². The van der Waals surface area contributed by atoms with E-state index in [2.05, 4.69) is 47.4 Å². The molecule has 4 rings (SSSR count). The number of piperidine rings is 1. The predicted octanol–water partition coefficient (Wildman–Crippen LogP) is 6.39. The van der Waals surface area contributed by atoms with Gasteiger partial charge >= 0.3 is 0 Å². The van der Waals surface area contributed by atoms with Crippen LogP contribution in [0.5, 0.6) is 0 Å². The molecule has 0 saturated carbocycles. The summed E-state index contributed by atoms with van der Waals surface area (Å²) in [6, 6.07) is 26.0. The van der Waals surface area contributed by atoms with Crippen LogP contribution >= 0.6 is 0 Å². The van der Waals surface area contributed by atoms with E-state index >= 15 is 0 Å². The zero-order valence-corrected chi connectivity index (χ0v) is 16.1. The van der Waals surface area contributed by atoms with E-state index in [-0.39, 0.29) is 5.82 Å². The van der Waals surface area contributed by atoms with Crippen LogP contribution in [-0.2, 0) is 0 Å². The van der Waals surface area contributed by atoms with Crippen LogP contribution in [0.4, 0.5) is 4.39 Å². The molecule has 0 atom stereocenters. The van der Waals surface area contributed by atoms with Gasteiger partial charge in [-0.15, -0.1) is 0 Å². The minimum atomic E-state index is -0.114. The second kappa shape index (κ2) is 8.99. The fraction of sp³-hybridized carbons (Fsp3) is 0.231. The molecule has 0 aliphatic carbocycles. The maximum atomic E-state index is 14.7. The first-order chi connectivity index (χ1) is 13.8. The van der Waals surface area contributed by atoms with Crippen LogP contribution in [0.15, 0.2) is 84.9 Å². The molecule has 0 spiro atoms. The van der Waals surface area contributed by atoms with Gasteiger partial charge in [0.25, 0.3) is 0 Å². The maximum absolute atomic E-state index is 14.7. The number of hydrogen-bond donors (Lipinski definition) is 0. The lowest BCUT2D eigenvalue weighted by Gasteiger charge is -2.31. The average molecular weight is 371 g/mol. The van der Waals surface area contributed by atoms with E-state index < -0.39 is 0 Å². The summed E-state index contributed by atoms with van der Waals surface area (Å²) in [5.74, 6) is 0.339. The molecule has 0 amide bonds. The van der Waals surface area contributed by atoms with Gasteiger partial charge in [-0.1, -0.05) is 84.9 Å². The van der Waals surface area contributed by atoms with Crippen LogP contribution in [0, 0.1) is 5.82 Å². The van der Waals surface area contributed by atoms with Gasteiger partial charge in [0.15, 0.2) is 0 Å². The third-order valence-electron chi connectivity index (χ3n) is 5.61. The lowest BCUT2D eigenvalue weighted by atomic mass is 9.88. The summed E-state index contributed by atoms with van der Waals surface area (Å²) in [5, 5.41) is 0. The normalized spacial score (nSPS) is 15.9. The zero-order valence-electron chi connectivity index (χ0n) is 16.1. The number of hydrogen-bond acceptors (Lipinski definition) is 1. The predicted molar refractivity (Wildman–Crippen MR) is 116 cm³/mol. The van der Waals surface area contributed by atoms with E-state index in [0.717, 1.165) is 43.6 Å². The van der Waals surface area contributed by atoms with E-state index in [0.29, 0.717) is 11.5 Å². The molecule has 3 aromatic rings. The van der Waals surface area contributed by atoms with E-state index in [1.54, 1.807) is 6.07 Å². The second-order valence-electron chi connectivity index (χ2n) is 7.49. The van der Waals surface area contributed by atoms with E-state index in [1.807, 2.05) is 42.5 Å². The summed E-state index contributed by atoms with van der Waals surface area (Å²) in [4.78, 5) is 2.48. The first kappa shape index (κ1) is 18.6. The van der Waals surface area contributed by atoms with E-state index in [9.17, 15) is 4.39 Å². The Morgan fingerprint density at radius 1 is 0.857 bits per heavy atom. The van der Waals surface area contributed by atoms with Gasteiger partial charge in [-0.2, -0.15) is 0 Å². The number of nitrogens with zero attached hydrogens (tertiary/aromatic N) is 1. The van der Waals surface area contributed by atoms with Gasteiger partial charge in [0.05, 0.1) is 0 Å². The number of halogens is 1. The first-order valence-electron chi connectivity index (χ1n) is 10.1. The molecule has 2 heteroatoms. The van der Waals surface area contributed by atoms with E-state index in [4.69, 9.17) is 0 Å². The molecule has 142 valence electrons. The third kappa shape index (κ3) is 4.58. The quantitative estimate of drug-likeness (QED) is 0.502. The Morgan fingerprint density at radius 2 is 1.54 bits per heavy atom. The Hall–Kier alpha value is -2.71. The fourth-order valence-electron chi connectivity index (χ4n) is 3.99. The van der Waals surface area contributed by atoms with Crippen molar-refractivity contribution in [3.63, 3.8) is 0 Å². The third-order valence-corrected chi connectivity index (χ3v) is 5.61. The number of likely N-dealkylation sites (tertiary alicyclic amines) is 1. The van der Waals surface area contributed by atoms with Crippen LogP contribution in [0.1, 0.15) is 29.9 Å². The molecule has 1 nitrogen and oxygen atoms in total. The van der Waals surface area contributed by atoms with Crippen LogP contribution in [-0.4, -0.2) is 24.5 Å². The summed E-state index contributed by atoms with van der Waals surface area (Å²) in [5.41, 5.74) is 4.00. The highest BCUT2D eigenvalue weighted by Gasteiger charge is 2.21. The Bertz CT molecular complexity index is 910. The molecule has 3 aromatic carbocycles. The molecular formula is C26H26FN. The largest absolute Gasteiger partial charge is 0.300 e. The summed E-state index contributed by atoms with van der Waals surface area (Å²) < 4.78 is 14.7. The van der Waals surface area contributed by atoms with Crippen LogP contribution in [0.25, 0.3) is 17.2 Å². The van der Waals surface area contributed by atoms with Crippen molar-refractivity contribution in [2.75, 3.05) is 19.6 Å². The van der Waals surface area contributed by atoms with Crippen LogP contribution in [0.2, 0.25) is 0 Å². The lowest BCUT2D eigenvalue weighted by Crippen LogP contribution is -2.33. The summed E-state index contributed by atoms with van der Waals surface area (Å²) in [6.07, 6.45) is 6.60. The Balaban J connectivity index is 1.34. The number of rotatable bonds is 5. The van der Waals surface area contributed by atoms with Crippen LogP contribution < -0.4 is 0 Å². The molecule has 1 saturated heterocycles. The molecule has 0 aromatic heterocycles.